The second-order valence-electron chi connectivity index (χ2n) is 5.75. The van der Waals surface area contributed by atoms with Crippen LogP contribution < -0.4 is 15.7 Å². The molecule has 1 amide bonds. The van der Waals surface area contributed by atoms with E-state index in [1.54, 1.807) is 27.0 Å². The summed E-state index contributed by atoms with van der Waals surface area (Å²) in [6.45, 7) is 3.68. The number of methoxy groups -OCH3 is 1. The van der Waals surface area contributed by atoms with Gasteiger partial charge in [0.25, 0.3) is 0 Å². The molecule has 0 fully saturated rings. The van der Waals surface area contributed by atoms with Crippen LogP contribution in [0.2, 0.25) is 0 Å². The van der Waals surface area contributed by atoms with Crippen LogP contribution >= 0.6 is 0 Å². The lowest BCUT2D eigenvalue weighted by molar-refractivity contribution is -0.122. The van der Waals surface area contributed by atoms with Crippen LogP contribution in [-0.2, 0) is 17.9 Å². The first-order chi connectivity index (χ1) is 12.0. The number of carbonyl (C=O) groups is 1. The van der Waals surface area contributed by atoms with Gasteiger partial charge < -0.3 is 15.0 Å². The number of amides is 1. The predicted molar refractivity (Wildman–Crippen MR) is 92.5 cm³/mol. The number of aromatic nitrogens is 4. The summed E-state index contributed by atoms with van der Waals surface area (Å²) < 4.78 is 6.51. The Morgan fingerprint density at radius 1 is 1.28 bits per heavy atom. The van der Waals surface area contributed by atoms with E-state index in [2.05, 4.69) is 20.3 Å². The SMILES string of the molecule is COc1ccc2nc(CNC(=O)Cn3c(C)cc(C)nc3=O)[nH]c2c1. The first-order valence-electron chi connectivity index (χ1n) is 7.80. The molecule has 0 aliphatic rings. The highest BCUT2D eigenvalue weighted by atomic mass is 16.5. The fraction of sp³-hybridized carbons (Fsp3) is 0.294. The van der Waals surface area contributed by atoms with Gasteiger partial charge in [-0.25, -0.2) is 9.78 Å². The number of rotatable bonds is 5. The standard InChI is InChI=1S/C17H19N5O3/c1-10-6-11(2)22(17(24)19-10)9-16(23)18-8-15-20-13-5-4-12(25-3)7-14(13)21-15/h4-7H,8-9H2,1-3H3,(H,18,23)(H,20,21). The molecule has 3 rings (SSSR count). The second kappa shape index (κ2) is 6.76. The summed E-state index contributed by atoms with van der Waals surface area (Å²) in [6.07, 6.45) is 0. The van der Waals surface area contributed by atoms with Gasteiger partial charge in [0.2, 0.25) is 5.91 Å². The third-order valence-electron chi connectivity index (χ3n) is 3.84. The maximum atomic E-state index is 12.1. The first kappa shape index (κ1) is 16.7. The summed E-state index contributed by atoms with van der Waals surface area (Å²) in [4.78, 5) is 35.4. The smallest absolute Gasteiger partial charge is 0.348 e. The molecule has 2 heterocycles. The summed E-state index contributed by atoms with van der Waals surface area (Å²) >= 11 is 0. The molecule has 0 radical (unpaired) electrons. The van der Waals surface area contributed by atoms with Crippen molar-refractivity contribution in [1.29, 1.82) is 0 Å². The van der Waals surface area contributed by atoms with Crippen molar-refractivity contribution in [2.75, 3.05) is 7.11 Å². The average molecular weight is 341 g/mol. The second-order valence-corrected chi connectivity index (χ2v) is 5.75. The zero-order valence-corrected chi connectivity index (χ0v) is 14.3. The van der Waals surface area contributed by atoms with E-state index in [4.69, 9.17) is 4.74 Å². The summed E-state index contributed by atoms with van der Waals surface area (Å²) in [5.74, 6) is 1.07. The number of imidazole rings is 1. The fourth-order valence-corrected chi connectivity index (χ4v) is 2.60. The van der Waals surface area contributed by atoms with Crippen molar-refractivity contribution in [2.24, 2.45) is 0 Å². The Hall–Kier alpha value is -3.16. The number of aryl methyl sites for hydroxylation is 2. The van der Waals surface area contributed by atoms with Crippen molar-refractivity contribution in [2.45, 2.75) is 26.9 Å². The quantitative estimate of drug-likeness (QED) is 0.722. The minimum absolute atomic E-state index is 0.0774. The Balaban J connectivity index is 1.67. The zero-order chi connectivity index (χ0) is 18.0. The highest BCUT2D eigenvalue weighted by Gasteiger charge is 2.10. The minimum atomic E-state index is -0.427. The van der Waals surface area contributed by atoms with E-state index in [9.17, 15) is 9.59 Å². The van der Waals surface area contributed by atoms with Crippen molar-refractivity contribution >= 4 is 16.9 Å². The molecular formula is C17H19N5O3. The normalized spacial score (nSPS) is 10.8. The largest absolute Gasteiger partial charge is 0.497 e. The Labute approximate surface area is 143 Å². The van der Waals surface area contributed by atoms with Gasteiger partial charge in [-0.2, -0.15) is 4.98 Å². The van der Waals surface area contributed by atoms with Gasteiger partial charge in [0.05, 0.1) is 24.7 Å². The Morgan fingerprint density at radius 2 is 2.08 bits per heavy atom. The van der Waals surface area contributed by atoms with Crippen LogP contribution in [0.1, 0.15) is 17.2 Å². The zero-order valence-electron chi connectivity index (χ0n) is 14.3. The van der Waals surface area contributed by atoms with Gasteiger partial charge in [-0.3, -0.25) is 9.36 Å². The number of nitrogens with zero attached hydrogens (tertiary/aromatic N) is 3. The highest BCUT2D eigenvalue weighted by molar-refractivity contribution is 5.77. The van der Waals surface area contributed by atoms with Gasteiger partial charge in [-0.15, -0.1) is 0 Å². The molecule has 0 aliphatic heterocycles. The van der Waals surface area contributed by atoms with Crippen LogP contribution in [-0.4, -0.2) is 32.5 Å². The van der Waals surface area contributed by atoms with E-state index in [1.165, 1.54) is 4.57 Å². The molecule has 2 N–H and O–H groups in total. The van der Waals surface area contributed by atoms with E-state index in [-0.39, 0.29) is 19.0 Å². The number of nitrogens with one attached hydrogen (secondary N) is 2. The summed E-state index contributed by atoms with van der Waals surface area (Å²) in [5.41, 5.74) is 2.53. The lowest BCUT2D eigenvalue weighted by Gasteiger charge is -2.09. The number of H-pyrrole nitrogens is 1. The van der Waals surface area contributed by atoms with Crippen molar-refractivity contribution in [1.82, 2.24) is 24.8 Å². The maximum Gasteiger partial charge on any atom is 0.348 e. The number of hydrogen-bond donors (Lipinski definition) is 2. The van der Waals surface area contributed by atoms with E-state index in [0.29, 0.717) is 17.2 Å². The molecule has 2 aromatic heterocycles. The third kappa shape index (κ3) is 3.68. The number of hydrogen-bond acceptors (Lipinski definition) is 5. The van der Waals surface area contributed by atoms with Crippen LogP contribution in [0.15, 0.2) is 29.1 Å². The number of aromatic amines is 1. The lowest BCUT2D eigenvalue weighted by atomic mass is 10.3. The van der Waals surface area contributed by atoms with E-state index >= 15 is 0 Å². The fourth-order valence-electron chi connectivity index (χ4n) is 2.60. The van der Waals surface area contributed by atoms with Crippen molar-refractivity contribution < 1.29 is 9.53 Å². The van der Waals surface area contributed by atoms with Crippen LogP contribution in [0, 0.1) is 13.8 Å². The molecule has 0 saturated heterocycles. The van der Waals surface area contributed by atoms with Gasteiger partial charge in [0.1, 0.15) is 18.1 Å². The molecule has 1 aromatic carbocycles. The molecule has 25 heavy (non-hydrogen) atoms. The number of carbonyl (C=O) groups excluding carboxylic acids is 1. The molecule has 0 spiro atoms. The van der Waals surface area contributed by atoms with Crippen LogP contribution in [0.3, 0.4) is 0 Å². The van der Waals surface area contributed by atoms with Crippen LogP contribution in [0.25, 0.3) is 11.0 Å². The molecule has 0 bridgehead atoms. The third-order valence-corrected chi connectivity index (χ3v) is 3.84. The minimum Gasteiger partial charge on any atom is -0.497 e. The Kier molecular flexibility index (Phi) is 4.51. The molecule has 0 atom stereocenters. The van der Waals surface area contributed by atoms with Gasteiger partial charge in [0.15, 0.2) is 0 Å². The van der Waals surface area contributed by atoms with Crippen LogP contribution in [0.5, 0.6) is 5.75 Å². The first-order valence-corrected chi connectivity index (χ1v) is 7.80. The van der Waals surface area contributed by atoms with Gasteiger partial charge >= 0.3 is 5.69 Å². The maximum absolute atomic E-state index is 12.1. The van der Waals surface area contributed by atoms with Gasteiger partial charge in [0, 0.05) is 17.5 Å². The van der Waals surface area contributed by atoms with E-state index in [1.807, 2.05) is 18.2 Å². The van der Waals surface area contributed by atoms with Crippen molar-refractivity contribution in [3.63, 3.8) is 0 Å². The summed E-state index contributed by atoms with van der Waals surface area (Å²) in [6, 6.07) is 7.28. The molecule has 3 aromatic rings. The molecule has 0 saturated carbocycles. The number of fused-ring (bicyclic) bond motifs is 1. The monoisotopic (exact) mass is 341 g/mol. The van der Waals surface area contributed by atoms with E-state index in [0.717, 1.165) is 16.8 Å². The molecule has 8 heteroatoms. The highest BCUT2D eigenvalue weighted by Crippen LogP contribution is 2.18. The predicted octanol–water partition coefficient (Wildman–Crippen LogP) is 1.06. The molecular weight excluding hydrogens is 322 g/mol. The topological polar surface area (TPSA) is 102 Å². The van der Waals surface area contributed by atoms with Crippen molar-refractivity contribution in [3.8, 4) is 5.75 Å². The average Bonchev–Trinajstić information content (AvgIpc) is 2.98. The number of benzene rings is 1. The van der Waals surface area contributed by atoms with Crippen LogP contribution in [0.4, 0.5) is 0 Å². The Morgan fingerprint density at radius 3 is 2.80 bits per heavy atom. The number of ether oxygens (including phenoxy) is 1. The molecule has 8 nitrogen and oxygen atoms in total. The van der Waals surface area contributed by atoms with Crippen molar-refractivity contribution in [3.05, 3.63) is 52.0 Å². The van der Waals surface area contributed by atoms with E-state index < -0.39 is 5.69 Å². The molecule has 0 aliphatic carbocycles. The van der Waals surface area contributed by atoms with Gasteiger partial charge in [-0.05, 0) is 32.0 Å². The molecule has 0 unspecified atom stereocenters. The molecule has 130 valence electrons. The summed E-state index contributed by atoms with van der Waals surface area (Å²) in [7, 11) is 1.60. The lowest BCUT2D eigenvalue weighted by Crippen LogP contribution is -2.34. The van der Waals surface area contributed by atoms with Gasteiger partial charge in [-0.1, -0.05) is 0 Å². The Bertz CT molecular complexity index is 990. The summed E-state index contributed by atoms with van der Waals surface area (Å²) in [5, 5.41) is 2.75.